The number of non-ortho nitro benzene ring substituents is 1. The Hall–Kier alpha value is -2.08. The third-order valence-corrected chi connectivity index (χ3v) is 3.80. The monoisotopic (exact) mass is 293 g/mol. The van der Waals surface area contributed by atoms with E-state index < -0.39 is 10.7 Å². The molecule has 0 amide bonds. The van der Waals surface area contributed by atoms with Gasteiger partial charge >= 0.3 is 0 Å². The lowest BCUT2D eigenvalue weighted by molar-refractivity contribution is -0.385. The van der Waals surface area contributed by atoms with Crippen molar-refractivity contribution in [3.63, 3.8) is 0 Å². The van der Waals surface area contributed by atoms with Gasteiger partial charge in [0.05, 0.1) is 18.1 Å². The van der Waals surface area contributed by atoms with Crippen LogP contribution in [0.5, 0.6) is 5.75 Å². The Bertz CT molecular complexity index is 634. The van der Waals surface area contributed by atoms with Gasteiger partial charge < -0.3 is 4.74 Å². The molecule has 2 aromatic rings. The van der Waals surface area contributed by atoms with Crippen LogP contribution in [0.3, 0.4) is 0 Å². The van der Waals surface area contributed by atoms with E-state index in [4.69, 9.17) is 4.74 Å². The second kappa shape index (κ2) is 6.38. The highest BCUT2D eigenvalue weighted by atomic mass is 32.2. The second-order valence-corrected chi connectivity index (χ2v) is 4.99. The summed E-state index contributed by atoms with van der Waals surface area (Å²) < 4.78 is 19.0. The molecule has 4 nitrogen and oxygen atoms in total. The van der Waals surface area contributed by atoms with Crippen LogP contribution in [0, 0.1) is 15.9 Å². The predicted molar refractivity (Wildman–Crippen MR) is 75.6 cm³/mol. The van der Waals surface area contributed by atoms with Crippen molar-refractivity contribution in [1.82, 2.24) is 0 Å². The zero-order chi connectivity index (χ0) is 14.5. The number of para-hydroxylation sites is 1. The van der Waals surface area contributed by atoms with Crippen molar-refractivity contribution >= 4 is 17.4 Å². The molecule has 2 aromatic carbocycles. The molecule has 2 rings (SSSR count). The number of thioether (sulfide) groups is 1. The van der Waals surface area contributed by atoms with Crippen LogP contribution in [0.15, 0.2) is 47.4 Å². The van der Waals surface area contributed by atoms with E-state index in [-0.39, 0.29) is 5.69 Å². The van der Waals surface area contributed by atoms with Crippen LogP contribution in [0.25, 0.3) is 0 Å². The molecule has 0 bridgehead atoms. The highest BCUT2D eigenvalue weighted by Crippen LogP contribution is 2.30. The zero-order valence-corrected chi connectivity index (χ0v) is 11.5. The Kier molecular flexibility index (Phi) is 4.57. The second-order valence-electron chi connectivity index (χ2n) is 3.97. The molecule has 0 aromatic heterocycles. The number of halogens is 1. The fourth-order valence-corrected chi connectivity index (χ4v) is 2.61. The van der Waals surface area contributed by atoms with Crippen molar-refractivity contribution in [2.45, 2.75) is 10.6 Å². The molecular weight excluding hydrogens is 281 g/mol. The minimum absolute atomic E-state index is 0.246. The molecule has 0 heterocycles. The maximum atomic E-state index is 13.7. The zero-order valence-electron chi connectivity index (χ0n) is 10.7. The van der Waals surface area contributed by atoms with Crippen LogP contribution < -0.4 is 4.74 Å². The molecular formula is C14H12FNO3S. The predicted octanol–water partition coefficient (Wildman–Crippen LogP) is 4.03. The summed E-state index contributed by atoms with van der Waals surface area (Å²) in [5.41, 5.74) is 0.696. The fraction of sp³-hybridized carbons (Fsp3) is 0.143. The highest BCUT2D eigenvalue weighted by Gasteiger charge is 2.11. The molecule has 0 fully saturated rings. The molecule has 0 saturated heterocycles. The maximum Gasteiger partial charge on any atom is 0.272 e. The van der Waals surface area contributed by atoms with Crippen LogP contribution in [-0.2, 0) is 5.75 Å². The van der Waals surface area contributed by atoms with Gasteiger partial charge in [0.2, 0.25) is 0 Å². The van der Waals surface area contributed by atoms with E-state index in [9.17, 15) is 14.5 Å². The lowest BCUT2D eigenvalue weighted by atomic mass is 10.2. The van der Waals surface area contributed by atoms with Gasteiger partial charge in [0.25, 0.3) is 5.69 Å². The third-order valence-electron chi connectivity index (χ3n) is 2.70. The highest BCUT2D eigenvalue weighted by molar-refractivity contribution is 7.98. The summed E-state index contributed by atoms with van der Waals surface area (Å²) in [6.07, 6.45) is 0. The van der Waals surface area contributed by atoms with Crippen molar-refractivity contribution < 1.29 is 14.1 Å². The van der Waals surface area contributed by atoms with E-state index in [2.05, 4.69) is 0 Å². The summed E-state index contributed by atoms with van der Waals surface area (Å²) in [5.74, 6) is 0.681. The van der Waals surface area contributed by atoms with E-state index in [1.54, 1.807) is 7.11 Å². The quantitative estimate of drug-likeness (QED) is 0.474. The van der Waals surface area contributed by atoms with E-state index >= 15 is 0 Å². The number of rotatable bonds is 5. The molecule has 0 atom stereocenters. The van der Waals surface area contributed by atoms with Crippen LogP contribution in [-0.4, -0.2) is 12.0 Å². The summed E-state index contributed by atoms with van der Waals surface area (Å²) in [5, 5.41) is 10.5. The summed E-state index contributed by atoms with van der Waals surface area (Å²) in [6, 6.07) is 11.1. The summed E-state index contributed by atoms with van der Waals surface area (Å²) in [6.45, 7) is 0. The molecule has 0 N–H and O–H groups in total. The van der Waals surface area contributed by atoms with Crippen molar-refractivity contribution in [2.75, 3.05) is 7.11 Å². The third kappa shape index (κ3) is 3.27. The van der Waals surface area contributed by atoms with Crippen molar-refractivity contribution in [1.29, 1.82) is 0 Å². The van der Waals surface area contributed by atoms with Gasteiger partial charge in [-0.05, 0) is 12.1 Å². The first-order valence-electron chi connectivity index (χ1n) is 5.80. The molecule has 0 unspecified atom stereocenters. The number of nitro groups is 1. The Morgan fingerprint density at radius 3 is 2.70 bits per heavy atom. The molecule has 0 aliphatic rings. The number of nitro benzene ring substituents is 1. The van der Waals surface area contributed by atoms with E-state index in [1.165, 1.54) is 23.9 Å². The normalized spacial score (nSPS) is 10.3. The summed E-state index contributed by atoms with van der Waals surface area (Å²) in [4.78, 5) is 10.3. The van der Waals surface area contributed by atoms with Gasteiger partial charge in [-0.25, -0.2) is 4.39 Å². The number of nitrogens with zero attached hydrogens (tertiary/aromatic N) is 1. The Morgan fingerprint density at radius 2 is 2.05 bits per heavy atom. The first-order chi connectivity index (χ1) is 9.61. The van der Waals surface area contributed by atoms with Gasteiger partial charge in [-0.1, -0.05) is 18.2 Å². The average Bonchev–Trinajstić information content (AvgIpc) is 2.46. The van der Waals surface area contributed by atoms with Crippen LogP contribution in [0.1, 0.15) is 5.56 Å². The Morgan fingerprint density at radius 1 is 1.30 bits per heavy atom. The number of methoxy groups -OCH3 is 1. The first-order valence-corrected chi connectivity index (χ1v) is 6.79. The summed E-state index contributed by atoms with van der Waals surface area (Å²) in [7, 11) is 1.58. The smallest absolute Gasteiger partial charge is 0.272 e. The van der Waals surface area contributed by atoms with Gasteiger partial charge in [0.1, 0.15) is 11.6 Å². The topological polar surface area (TPSA) is 52.4 Å². The lowest BCUT2D eigenvalue weighted by Gasteiger charge is -2.08. The standard InChI is InChI=1S/C14H12FNO3S/c1-19-13-5-3-2-4-10(13)9-20-14-7-6-11(16(17)18)8-12(14)15/h2-8H,9H2,1H3. The SMILES string of the molecule is COc1ccccc1CSc1ccc([N+](=O)[O-])cc1F. The van der Waals surface area contributed by atoms with Crippen molar-refractivity contribution in [3.8, 4) is 5.75 Å². The number of benzene rings is 2. The Labute approximate surface area is 119 Å². The first kappa shape index (κ1) is 14.3. The number of ether oxygens (including phenoxy) is 1. The average molecular weight is 293 g/mol. The molecule has 20 heavy (non-hydrogen) atoms. The van der Waals surface area contributed by atoms with E-state index in [0.717, 1.165) is 17.4 Å². The van der Waals surface area contributed by atoms with E-state index in [0.29, 0.717) is 10.6 Å². The molecule has 0 aliphatic heterocycles. The van der Waals surface area contributed by atoms with Gasteiger partial charge in [0, 0.05) is 22.3 Å². The molecule has 0 spiro atoms. The van der Waals surface area contributed by atoms with Crippen LogP contribution in [0.4, 0.5) is 10.1 Å². The molecule has 6 heteroatoms. The van der Waals surface area contributed by atoms with E-state index in [1.807, 2.05) is 24.3 Å². The number of hydrogen-bond acceptors (Lipinski definition) is 4. The van der Waals surface area contributed by atoms with Gasteiger partial charge in [-0.15, -0.1) is 11.8 Å². The summed E-state index contributed by atoms with van der Waals surface area (Å²) >= 11 is 1.27. The molecule has 0 radical (unpaired) electrons. The molecule has 0 aliphatic carbocycles. The number of hydrogen-bond donors (Lipinski definition) is 0. The van der Waals surface area contributed by atoms with Gasteiger partial charge in [0.15, 0.2) is 0 Å². The fourth-order valence-electron chi connectivity index (χ4n) is 1.70. The maximum absolute atomic E-state index is 13.7. The van der Waals surface area contributed by atoms with Crippen molar-refractivity contribution in [3.05, 3.63) is 64.0 Å². The Balaban J connectivity index is 2.13. The van der Waals surface area contributed by atoms with Crippen molar-refractivity contribution in [2.24, 2.45) is 0 Å². The van der Waals surface area contributed by atoms with Crippen LogP contribution >= 0.6 is 11.8 Å². The van der Waals surface area contributed by atoms with Gasteiger partial charge in [-0.2, -0.15) is 0 Å². The molecule has 0 saturated carbocycles. The minimum atomic E-state index is -0.613. The lowest BCUT2D eigenvalue weighted by Crippen LogP contribution is -1.92. The largest absolute Gasteiger partial charge is 0.496 e. The minimum Gasteiger partial charge on any atom is -0.496 e. The molecule has 104 valence electrons. The van der Waals surface area contributed by atoms with Gasteiger partial charge in [-0.3, -0.25) is 10.1 Å². The van der Waals surface area contributed by atoms with Crippen LogP contribution in [0.2, 0.25) is 0 Å².